The molecular weight excluding hydrogens is 272 g/mol. The molecule has 0 radical (unpaired) electrons. The molecule has 1 aromatic carbocycles. The number of hydrogen-bond donors (Lipinski definition) is 2. The average Bonchev–Trinajstić information content (AvgIpc) is 2.42. The lowest BCUT2D eigenvalue weighted by Crippen LogP contribution is -3.13. The minimum absolute atomic E-state index is 0.0843. The molecule has 3 nitrogen and oxygen atoms in total. The SMILES string of the molecule is Cc1c(Cl)cccc1NC(=O)CC[NH+]1CCC[C@@H](C)C1. The molecule has 20 heavy (non-hydrogen) atoms. The summed E-state index contributed by atoms with van der Waals surface area (Å²) >= 11 is 6.06. The van der Waals surface area contributed by atoms with Gasteiger partial charge in [-0.25, -0.2) is 0 Å². The molecule has 2 rings (SSSR count). The predicted molar refractivity (Wildman–Crippen MR) is 83.4 cm³/mol. The number of benzene rings is 1. The van der Waals surface area contributed by atoms with Gasteiger partial charge in [-0.1, -0.05) is 24.6 Å². The normalized spacial score (nSPS) is 22.6. The number of carbonyl (C=O) groups is 1. The number of rotatable bonds is 4. The Morgan fingerprint density at radius 3 is 3.05 bits per heavy atom. The number of nitrogens with one attached hydrogen (secondary N) is 2. The van der Waals surface area contributed by atoms with Gasteiger partial charge in [-0.15, -0.1) is 0 Å². The first-order chi connectivity index (χ1) is 9.56. The largest absolute Gasteiger partial charge is 0.334 e. The van der Waals surface area contributed by atoms with Gasteiger partial charge in [0.1, 0.15) is 0 Å². The van der Waals surface area contributed by atoms with Crippen LogP contribution in [-0.2, 0) is 4.79 Å². The molecule has 1 aromatic rings. The lowest BCUT2D eigenvalue weighted by molar-refractivity contribution is -0.907. The topological polar surface area (TPSA) is 33.5 Å². The number of carbonyl (C=O) groups excluding carboxylic acids is 1. The quantitative estimate of drug-likeness (QED) is 0.878. The highest BCUT2D eigenvalue weighted by atomic mass is 35.5. The molecule has 1 aliphatic rings. The van der Waals surface area contributed by atoms with Crippen LogP contribution in [0.15, 0.2) is 18.2 Å². The molecule has 2 atom stereocenters. The van der Waals surface area contributed by atoms with Crippen LogP contribution in [0.3, 0.4) is 0 Å². The van der Waals surface area contributed by atoms with Crippen LogP contribution in [0.5, 0.6) is 0 Å². The number of piperidine rings is 1. The van der Waals surface area contributed by atoms with Crippen LogP contribution in [0, 0.1) is 12.8 Å². The van der Waals surface area contributed by atoms with Crippen molar-refractivity contribution in [1.29, 1.82) is 0 Å². The van der Waals surface area contributed by atoms with Crippen molar-refractivity contribution >= 4 is 23.2 Å². The Hall–Kier alpha value is -1.06. The molecule has 1 unspecified atom stereocenters. The first-order valence-electron chi connectivity index (χ1n) is 7.45. The van der Waals surface area contributed by atoms with Gasteiger partial charge in [0, 0.05) is 16.6 Å². The van der Waals surface area contributed by atoms with Crippen molar-refractivity contribution in [2.45, 2.75) is 33.1 Å². The van der Waals surface area contributed by atoms with Crippen LogP contribution >= 0.6 is 11.6 Å². The summed E-state index contributed by atoms with van der Waals surface area (Å²) in [5.41, 5.74) is 1.76. The summed E-state index contributed by atoms with van der Waals surface area (Å²) in [5, 5.41) is 3.66. The van der Waals surface area contributed by atoms with Crippen molar-refractivity contribution in [3.8, 4) is 0 Å². The van der Waals surface area contributed by atoms with Gasteiger partial charge in [0.15, 0.2) is 0 Å². The molecule has 1 saturated heterocycles. The second-order valence-corrected chi connectivity index (χ2v) is 6.32. The molecule has 0 saturated carbocycles. The minimum atomic E-state index is 0.0843. The summed E-state index contributed by atoms with van der Waals surface area (Å²) in [6, 6.07) is 5.60. The van der Waals surface area contributed by atoms with Gasteiger partial charge >= 0.3 is 0 Å². The van der Waals surface area contributed by atoms with E-state index in [1.807, 2.05) is 25.1 Å². The third kappa shape index (κ3) is 4.22. The second-order valence-electron chi connectivity index (χ2n) is 5.91. The van der Waals surface area contributed by atoms with E-state index in [4.69, 9.17) is 11.6 Å². The number of quaternary nitrogens is 1. The van der Waals surface area contributed by atoms with Crippen molar-refractivity contribution in [2.24, 2.45) is 5.92 Å². The summed E-state index contributed by atoms with van der Waals surface area (Å²) < 4.78 is 0. The van der Waals surface area contributed by atoms with Crippen molar-refractivity contribution in [3.05, 3.63) is 28.8 Å². The first kappa shape index (κ1) is 15.3. The van der Waals surface area contributed by atoms with E-state index in [2.05, 4.69) is 12.2 Å². The summed E-state index contributed by atoms with van der Waals surface area (Å²) in [5.74, 6) is 0.873. The van der Waals surface area contributed by atoms with Crippen LogP contribution in [0.25, 0.3) is 0 Å². The number of likely N-dealkylation sites (tertiary alicyclic amines) is 1. The lowest BCUT2D eigenvalue weighted by atomic mass is 10.0. The Balaban J connectivity index is 1.82. The lowest BCUT2D eigenvalue weighted by Gasteiger charge is -2.27. The summed E-state index contributed by atoms with van der Waals surface area (Å²) in [7, 11) is 0. The Labute approximate surface area is 126 Å². The van der Waals surface area contributed by atoms with Gasteiger partial charge in [-0.2, -0.15) is 0 Å². The third-order valence-electron chi connectivity index (χ3n) is 4.11. The van der Waals surface area contributed by atoms with E-state index in [0.29, 0.717) is 11.4 Å². The maximum Gasteiger partial charge on any atom is 0.230 e. The van der Waals surface area contributed by atoms with Crippen LogP contribution in [0.4, 0.5) is 5.69 Å². The van der Waals surface area contributed by atoms with E-state index in [1.54, 1.807) is 4.90 Å². The fraction of sp³-hybridized carbons (Fsp3) is 0.562. The van der Waals surface area contributed by atoms with E-state index in [-0.39, 0.29) is 5.91 Å². The Morgan fingerprint density at radius 1 is 1.50 bits per heavy atom. The van der Waals surface area contributed by atoms with E-state index >= 15 is 0 Å². The van der Waals surface area contributed by atoms with Gasteiger partial charge in [-0.05, 0) is 37.5 Å². The Kier molecular flexibility index (Phi) is 5.44. The number of halogens is 1. The maximum atomic E-state index is 12.0. The summed E-state index contributed by atoms with van der Waals surface area (Å²) in [6.07, 6.45) is 3.19. The predicted octanol–water partition coefficient (Wildman–Crippen LogP) is 2.29. The zero-order valence-corrected chi connectivity index (χ0v) is 13.1. The van der Waals surface area contributed by atoms with Gasteiger partial charge < -0.3 is 10.2 Å². The van der Waals surface area contributed by atoms with Crippen LogP contribution in [0.2, 0.25) is 5.02 Å². The maximum absolute atomic E-state index is 12.0. The summed E-state index contributed by atoms with van der Waals surface area (Å²) in [6.45, 7) is 7.55. The van der Waals surface area contributed by atoms with Gasteiger partial charge in [0.2, 0.25) is 5.91 Å². The second kappa shape index (κ2) is 7.09. The standard InChI is InChI=1S/C16H23ClN2O/c1-12-5-4-9-19(11-12)10-8-16(20)18-15-7-3-6-14(17)13(15)2/h3,6-7,12H,4-5,8-11H2,1-2H3,(H,18,20)/p+1/t12-/m1/s1. The van der Waals surface area contributed by atoms with Crippen molar-refractivity contribution in [3.63, 3.8) is 0 Å². The molecule has 1 amide bonds. The molecule has 4 heteroatoms. The molecular formula is C16H24ClN2O+. The van der Waals surface area contributed by atoms with Crippen LogP contribution in [-0.4, -0.2) is 25.5 Å². The molecule has 0 aliphatic carbocycles. The highest BCUT2D eigenvalue weighted by molar-refractivity contribution is 6.31. The fourth-order valence-corrected chi connectivity index (χ4v) is 3.04. The van der Waals surface area contributed by atoms with Crippen molar-refractivity contribution < 1.29 is 9.69 Å². The molecule has 1 heterocycles. The smallest absolute Gasteiger partial charge is 0.230 e. The summed E-state index contributed by atoms with van der Waals surface area (Å²) in [4.78, 5) is 13.6. The van der Waals surface area contributed by atoms with Gasteiger partial charge in [0.25, 0.3) is 0 Å². The Bertz CT molecular complexity index is 476. The van der Waals surface area contributed by atoms with E-state index in [1.165, 1.54) is 25.9 Å². The third-order valence-corrected chi connectivity index (χ3v) is 4.52. The molecule has 2 N–H and O–H groups in total. The first-order valence-corrected chi connectivity index (χ1v) is 7.82. The molecule has 0 bridgehead atoms. The molecule has 0 aromatic heterocycles. The van der Waals surface area contributed by atoms with Crippen LogP contribution < -0.4 is 10.2 Å². The number of anilines is 1. The highest BCUT2D eigenvalue weighted by Gasteiger charge is 2.20. The zero-order chi connectivity index (χ0) is 14.5. The van der Waals surface area contributed by atoms with Crippen LogP contribution in [0.1, 0.15) is 31.7 Å². The van der Waals surface area contributed by atoms with Gasteiger partial charge in [0.05, 0.1) is 26.1 Å². The Morgan fingerprint density at radius 2 is 2.30 bits per heavy atom. The average molecular weight is 296 g/mol. The van der Waals surface area contributed by atoms with E-state index in [9.17, 15) is 4.79 Å². The number of amides is 1. The van der Waals surface area contributed by atoms with Crippen molar-refractivity contribution in [2.75, 3.05) is 25.0 Å². The van der Waals surface area contributed by atoms with E-state index in [0.717, 1.165) is 23.7 Å². The molecule has 1 aliphatic heterocycles. The molecule has 110 valence electrons. The van der Waals surface area contributed by atoms with Crippen molar-refractivity contribution in [1.82, 2.24) is 0 Å². The van der Waals surface area contributed by atoms with Gasteiger partial charge in [-0.3, -0.25) is 4.79 Å². The highest BCUT2D eigenvalue weighted by Crippen LogP contribution is 2.22. The fourth-order valence-electron chi connectivity index (χ4n) is 2.87. The molecule has 1 fully saturated rings. The zero-order valence-electron chi connectivity index (χ0n) is 12.3. The van der Waals surface area contributed by atoms with E-state index < -0.39 is 0 Å². The number of hydrogen-bond acceptors (Lipinski definition) is 1. The molecule has 0 spiro atoms. The minimum Gasteiger partial charge on any atom is -0.334 e. The monoisotopic (exact) mass is 295 g/mol.